The average molecular weight is 491 g/mol. The number of nitrogens with one attached hydrogen (secondary N) is 2. The summed E-state index contributed by atoms with van der Waals surface area (Å²) >= 11 is 0. The van der Waals surface area contributed by atoms with Crippen molar-refractivity contribution >= 4 is 33.1 Å². The van der Waals surface area contributed by atoms with Crippen molar-refractivity contribution in [3.63, 3.8) is 0 Å². The smallest absolute Gasteiger partial charge is 0.258 e. The monoisotopic (exact) mass is 490 g/mol. The molecule has 0 saturated heterocycles. The van der Waals surface area contributed by atoms with Gasteiger partial charge in [0.2, 0.25) is 10.0 Å². The lowest BCUT2D eigenvalue weighted by Gasteiger charge is -2.30. The second kappa shape index (κ2) is 8.06. The molecule has 4 rings (SSSR count). The molecule has 0 saturated carbocycles. The number of nitrogen functional groups attached to an aromatic ring is 1. The molecule has 0 fully saturated rings. The van der Waals surface area contributed by atoms with E-state index in [1.165, 1.54) is 0 Å². The first-order chi connectivity index (χ1) is 15.8. The lowest BCUT2D eigenvalue weighted by Crippen LogP contribution is -2.40. The van der Waals surface area contributed by atoms with Crippen LogP contribution in [0.2, 0.25) is 0 Å². The van der Waals surface area contributed by atoms with Gasteiger partial charge < -0.3 is 16.0 Å². The molecule has 9 nitrogen and oxygen atoms in total. The van der Waals surface area contributed by atoms with E-state index in [0.29, 0.717) is 17.3 Å². The van der Waals surface area contributed by atoms with Gasteiger partial charge >= 0.3 is 0 Å². The Labute approximate surface area is 195 Å². The van der Waals surface area contributed by atoms with E-state index in [1.807, 2.05) is 19.0 Å². The van der Waals surface area contributed by atoms with E-state index in [-0.39, 0.29) is 23.6 Å². The fourth-order valence-electron chi connectivity index (χ4n) is 3.99. The normalized spacial score (nSPS) is 15.2. The highest BCUT2D eigenvalue weighted by Gasteiger charge is 2.48. The standard InChI is InChI=1S/C22H24F2N6O3S/c1-22(2)19-17(11-30(22)34(32,33)15-8-12(23)7-13(24)9-15)20(28-27-19)26-21(31)16-6-5-14(29(3)4)10-18(16)25/h5-10H,11,25H2,1-4H3,(H2,26,27,28,31). The minimum Gasteiger partial charge on any atom is -0.398 e. The molecule has 0 unspecified atom stereocenters. The molecule has 1 aromatic heterocycles. The Morgan fingerprint density at radius 2 is 1.82 bits per heavy atom. The number of nitrogens with zero attached hydrogens (tertiary/aromatic N) is 3. The molecule has 2 aromatic carbocycles. The van der Waals surface area contributed by atoms with E-state index in [1.54, 1.807) is 32.0 Å². The summed E-state index contributed by atoms with van der Waals surface area (Å²) in [5.74, 6) is -2.36. The van der Waals surface area contributed by atoms with Gasteiger partial charge in [-0.3, -0.25) is 9.89 Å². The largest absolute Gasteiger partial charge is 0.398 e. The van der Waals surface area contributed by atoms with Crippen LogP contribution in [0.3, 0.4) is 0 Å². The van der Waals surface area contributed by atoms with Crippen molar-refractivity contribution in [3.05, 3.63) is 64.9 Å². The topological polar surface area (TPSA) is 124 Å². The summed E-state index contributed by atoms with van der Waals surface area (Å²) in [6.45, 7) is 3.10. The molecule has 4 N–H and O–H groups in total. The van der Waals surface area contributed by atoms with Gasteiger partial charge in [0, 0.05) is 43.6 Å². The van der Waals surface area contributed by atoms with E-state index in [0.717, 1.165) is 22.1 Å². The Morgan fingerprint density at radius 3 is 2.41 bits per heavy atom. The first-order valence-electron chi connectivity index (χ1n) is 10.3. The van der Waals surface area contributed by atoms with Crippen LogP contribution in [-0.2, 0) is 22.1 Å². The van der Waals surface area contributed by atoms with E-state index in [4.69, 9.17) is 5.73 Å². The molecule has 0 bridgehead atoms. The van der Waals surface area contributed by atoms with Gasteiger partial charge in [-0.05, 0) is 44.2 Å². The molecule has 2 heterocycles. The molecular weight excluding hydrogens is 466 g/mol. The van der Waals surface area contributed by atoms with Gasteiger partial charge in [0.1, 0.15) is 11.6 Å². The number of fused-ring (bicyclic) bond motifs is 1. The van der Waals surface area contributed by atoms with Crippen molar-refractivity contribution in [1.29, 1.82) is 0 Å². The molecular formula is C22H24F2N6O3S. The van der Waals surface area contributed by atoms with E-state index in [2.05, 4.69) is 15.5 Å². The van der Waals surface area contributed by atoms with E-state index in [9.17, 15) is 22.0 Å². The number of rotatable bonds is 5. The summed E-state index contributed by atoms with van der Waals surface area (Å²) < 4.78 is 55.0. The van der Waals surface area contributed by atoms with Crippen LogP contribution >= 0.6 is 0 Å². The van der Waals surface area contributed by atoms with Gasteiger partial charge in [-0.15, -0.1) is 0 Å². The second-order valence-electron chi connectivity index (χ2n) is 8.72. The molecule has 1 aliphatic heterocycles. The number of halogens is 2. The first kappa shape index (κ1) is 23.6. The zero-order valence-electron chi connectivity index (χ0n) is 19.0. The van der Waals surface area contributed by atoms with Crippen molar-refractivity contribution in [2.45, 2.75) is 30.8 Å². The molecule has 34 heavy (non-hydrogen) atoms. The maximum atomic E-state index is 13.7. The Balaban J connectivity index is 1.64. The summed E-state index contributed by atoms with van der Waals surface area (Å²) in [5.41, 5.74) is 7.16. The molecule has 1 aliphatic rings. The number of hydrogen-bond acceptors (Lipinski definition) is 6. The fourth-order valence-corrected chi connectivity index (χ4v) is 5.76. The van der Waals surface area contributed by atoms with Crippen molar-refractivity contribution in [1.82, 2.24) is 14.5 Å². The van der Waals surface area contributed by atoms with Crippen molar-refractivity contribution < 1.29 is 22.0 Å². The molecule has 0 radical (unpaired) electrons. The summed E-state index contributed by atoms with van der Waals surface area (Å²) in [6.07, 6.45) is 0. The van der Waals surface area contributed by atoms with Gasteiger partial charge in [-0.25, -0.2) is 17.2 Å². The summed E-state index contributed by atoms with van der Waals surface area (Å²) in [6, 6.07) is 7.14. The summed E-state index contributed by atoms with van der Waals surface area (Å²) in [5, 5.41) is 9.62. The number of carbonyl (C=O) groups excluding carboxylic acids is 1. The lowest BCUT2D eigenvalue weighted by molar-refractivity contribution is 0.102. The van der Waals surface area contributed by atoms with Gasteiger partial charge in [-0.1, -0.05) is 0 Å². The molecule has 0 spiro atoms. The number of amides is 1. The molecule has 1 amide bonds. The summed E-state index contributed by atoms with van der Waals surface area (Å²) in [7, 11) is -0.581. The van der Waals surface area contributed by atoms with Crippen molar-refractivity contribution in [3.8, 4) is 0 Å². The molecule has 12 heteroatoms. The van der Waals surface area contributed by atoms with Crippen LogP contribution in [0.25, 0.3) is 0 Å². The Bertz CT molecular complexity index is 1380. The number of nitrogens with two attached hydrogens (primary N) is 1. The zero-order valence-corrected chi connectivity index (χ0v) is 19.8. The van der Waals surface area contributed by atoms with Crippen LogP contribution in [0.1, 0.15) is 35.5 Å². The first-order valence-corrected chi connectivity index (χ1v) is 11.7. The Morgan fingerprint density at radius 1 is 1.18 bits per heavy atom. The van der Waals surface area contributed by atoms with E-state index >= 15 is 0 Å². The van der Waals surface area contributed by atoms with Gasteiger partial charge in [0.05, 0.1) is 21.7 Å². The third-order valence-corrected chi connectivity index (χ3v) is 7.85. The summed E-state index contributed by atoms with van der Waals surface area (Å²) in [4.78, 5) is 14.2. The number of benzene rings is 2. The van der Waals surface area contributed by atoms with Crippen LogP contribution in [0.15, 0.2) is 41.3 Å². The van der Waals surface area contributed by atoms with Crippen LogP contribution in [0.4, 0.5) is 26.0 Å². The van der Waals surface area contributed by atoms with Crippen LogP contribution < -0.4 is 16.0 Å². The fraction of sp³-hybridized carbons (Fsp3) is 0.273. The predicted octanol–water partition coefficient (Wildman–Crippen LogP) is 3.03. The quantitative estimate of drug-likeness (QED) is 0.472. The van der Waals surface area contributed by atoms with Gasteiger partial charge in [-0.2, -0.15) is 9.40 Å². The van der Waals surface area contributed by atoms with E-state index < -0.39 is 38.0 Å². The Kier molecular flexibility index (Phi) is 5.61. The zero-order chi connectivity index (χ0) is 25.0. The third kappa shape index (κ3) is 3.88. The Hall–Kier alpha value is -3.51. The van der Waals surface area contributed by atoms with Crippen molar-refractivity contribution in [2.75, 3.05) is 30.0 Å². The average Bonchev–Trinajstić information content (AvgIpc) is 3.25. The molecule has 3 aromatic rings. The highest BCUT2D eigenvalue weighted by Crippen LogP contribution is 2.44. The second-order valence-corrected chi connectivity index (χ2v) is 10.6. The highest BCUT2D eigenvalue weighted by molar-refractivity contribution is 7.89. The lowest BCUT2D eigenvalue weighted by atomic mass is 10.0. The maximum Gasteiger partial charge on any atom is 0.258 e. The number of anilines is 3. The minimum atomic E-state index is -4.28. The molecule has 0 atom stereocenters. The SMILES string of the molecule is CN(C)c1ccc(C(=O)Nc2n[nH]c3c2CN(S(=O)(=O)c2cc(F)cc(F)c2)C3(C)C)c(N)c1. The van der Waals surface area contributed by atoms with Crippen molar-refractivity contribution in [2.24, 2.45) is 0 Å². The predicted molar refractivity (Wildman–Crippen MR) is 124 cm³/mol. The number of aromatic amines is 1. The van der Waals surface area contributed by atoms with Crippen LogP contribution in [0.5, 0.6) is 0 Å². The molecule has 180 valence electrons. The van der Waals surface area contributed by atoms with Crippen LogP contribution in [-0.4, -0.2) is 42.9 Å². The number of carbonyl (C=O) groups is 1. The minimum absolute atomic E-state index is 0.146. The number of hydrogen-bond donors (Lipinski definition) is 3. The third-order valence-electron chi connectivity index (χ3n) is 5.86. The molecule has 0 aliphatic carbocycles. The van der Waals surface area contributed by atoms with Crippen LogP contribution in [0, 0.1) is 11.6 Å². The van der Waals surface area contributed by atoms with Gasteiger partial charge in [0.25, 0.3) is 5.91 Å². The number of H-pyrrole nitrogens is 1. The maximum absolute atomic E-state index is 13.7. The highest BCUT2D eigenvalue weighted by atomic mass is 32.2. The number of sulfonamides is 1. The van der Waals surface area contributed by atoms with Gasteiger partial charge in [0.15, 0.2) is 5.82 Å². The number of aromatic nitrogens is 2.